The van der Waals surface area contributed by atoms with Gasteiger partial charge in [-0.25, -0.2) is 9.37 Å². The number of amides is 1. The van der Waals surface area contributed by atoms with Gasteiger partial charge < -0.3 is 9.88 Å². The summed E-state index contributed by atoms with van der Waals surface area (Å²) in [6.45, 7) is 5.44. The molecule has 160 valence electrons. The minimum Gasteiger partial charge on any atom is -0.350 e. The SMILES string of the molecule is Cc1c(C(=O)N2CC[C@@H](c3nc(C4CCC4)n4c(C)csc34)C2)[nH]c2ccc(F)cc12. The lowest BCUT2D eigenvalue weighted by atomic mass is 9.85. The molecule has 1 N–H and O–H groups in total. The van der Waals surface area contributed by atoms with Crippen LogP contribution in [0.2, 0.25) is 0 Å². The molecule has 1 aromatic carbocycles. The molecule has 1 saturated carbocycles. The molecule has 3 aromatic heterocycles. The maximum Gasteiger partial charge on any atom is 0.270 e. The Morgan fingerprint density at radius 2 is 2.06 bits per heavy atom. The largest absolute Gasteiger partial charge is 0.350 e. The third-order valence-corrected chi connectivity index (χ3v) is 8.22. The van der Waals surface area contributed by atoms with Crippen LogP contribution in [0.1, 0.15) is 70.8 Å². The number of benzene rings is 1. The van der Waals surface area contributed by atoms with E-state index >= 15 is 0 Å². The molecular formula is C24H25FN4OS. The number of halogens is 1. The van der Waals surface area contributed by atoms with Crippen LogP contribution in [0.25, 0.3) is 15.7 Å². The fraction of sp³-hybridized carbons (Fsp3) is 0.417. The number of nitrogens with zero attached hydrogens (tertiary/aromatic N) is 3. The molecule has 1 aliphatic carbocycles. The number of imidazole rings is 1. The predicted octanol–water partition coefficient (Wildman–Crippen LogP) is 5.53. The zero-order valence-corrected chi connectivity index (χ0v) is 18.6. The molecule has 1 aliphatic heterocycles. The molecule has 0 radical (unpaired) electrons. The van der Waals surface area contributed by atoms with Crippen molar-refractivity contribution >= 4 is 33.0 Å². The molecule has 1 amide bonds. The Morgan fingerprint density at radius 3 is 2.84 bits per heavy atom. The second-order valence-electron chi connectivity index (χ2n) is 9.05. The molecule has 4 aromatic rings. The maximum atomic E-state index is 13.7. The molecule has 7 heteroatoms. The van der Waals surface area contributed by atoms with Crippen molar-refractivity contribution in [3.63, 3.8) is 0 Å². The van der Waals surface area contributed by atoms with Crippen molar-refractivity contribution in [1.29, 1.82) is 0 Å². The fourth-order valence-corrected chi connectivity index (χ4v) is 6.20. The average Bonchev–Trinajstić information content (AvgIpc) is 3.47. The predicted molar refractivity (Wildman–Crippen MR) is 121 cm³/mol. The summed E-state index contributed by atoms with van der Waals surface area (Å²) in [7, 11) is 0. The first-order valence-electron chi connectivity index (χ1n) is 11.0. The molecule has 2 aliphatic rings. The van der Waals surface area contributed by atoms with Gasteiger partial charge in [0.15, 0.2) is 0 Å². The molecule has 1 atom stereocenters. The van der Waals surface area contributed by atoms with E-state index in [9.17, 15) is 9.18 Å². The Balaban J connectivity index is 1.30. The summed E-state index contributed by atoms with van der Waals surface area (Å²) in [6.07, 6.45) is 4.66. The highest BCUT2D eigenvalue weighted by molar-refractivity contribution is 7.15. The number of carbonyl (C=O) groups excluding carboxylic acids is 1. The summed E-state index contributed by atoms with van der Waals surface area (Å²) in [5.41, 5.74) is 4.60. The second-order valence-corrected chi connectivity index (χ2v) is 9.91. The topological polar surface area (TPSA) is 53.4 Å². The van der Waals surface area contributed by atoms with Gasteiger partial charge in [0.2, 0.25) is 0 Å². The number of carbonyl (C=O) groups is 1. The number of H-pyrrole nitrogens is 1. The Bertz CT molecular complexity index is 1330. The van der Waals surface area contributed by atoms with Crippen molar-refractivity contribution < 1.29 is 9.18 Å². The first-order valence-corrected chi connectivity index (χ1v) is 11.9. The first kappa shape index (κ1) is 19.0. The lowest BCUT2D eigenvalue weighted by molar-refractivity contribution is 0.0785. The van der Waals surface area contributed by atoms with Gasteiger partial charge in [-0.05, 0) is 56.9 Å². The molecule has 31 heavy (non-hydrogen) atoms. The Kier molecular flexibility index (Phi) is 4.25. The molecule has 2 fully saturated rings. The normalized spacial score (nSPS) is 19.6. The van der Waals surface area contributed by atoms with E-state index in [0.717, 1.165) is 35.1 Å². The number of thiazole rings is 1. The van der Waals surface area contributed by atoms with Crippen LogP contribution in [0.15, 0.2) is 23.6 Å². The number of hydrogen-bond acceptors (Lipinski definition) is 3. The summed E-state index contributed by atoms with van der Waals surface area (Å²) in [5, 5.41) is 2.99. The van der Waals surface area contributed by atoms with E-state index in [1.165, 1.54) is 47.7 Å². The summed E-state index contributed by atoms with van der Waals surface area (Å²) in [5.74, 6) is 1.75. The third kappa shape index (κ3) is 2.86. The van der Waals surface area contributed by atoms with E-state index in [0.29, 0.717) is 18.2 Å². The van der Waals surface area contributed by atoms with Crippen molar-refractivity contribution in [2.45, 2.75) is 51.4 Å². The first-order chi connectivity index (χ1) is 15.0. The van der Waals surface area contributed by atoms with Gasteiger partial charge in [-0.3, -0.25) is 9.20 Å². The molecule has 4 heterocycles. The van der Waals surface area contributed by atoms with Gasteiger partial charge in [-0.1, -0.05) is 6.42 Å². The number of aromatic nitrogens is 3. The van der Waals surface area contributed by atoms with Gasteiger partial charge in [0.1, 0.15) is 22.2 Å². The van der Waals surface area contributed by atoms with Crippen molar-refractivity contribution in [2.24, 2.45) is 0 Å². The van der Waals surface area contributed by atoms with E-state index in [-0.39, 0.29) is 17.6 Å². The van der Waals surface area contributed by atoms with E-state index in [1.807, 2.05) is 11.8 Å². The van der Waals surface area contributed by atoms with E-state index in [4.69, 9.17) is 4.98 Å². The minimum absolute atomic E-state index is 0.00589. The number of aryl methyl sites for hydroxylation is 2. The number of hydrogen-bond donors (Lipinski definition) is 1. The van der Waals surface area contributed by atoms with Crippen LogP contribution in [-0.4, -0.2) is 38.3 Å². The van der Waals surface area contributed by atoms with Crippen LogP contribution in [0.5, 0.6) is 0 Å². The molecule has 0 spiro atoms. The number of nitrogens with one attached hydrogen (secondary N) is 1. The Labute approximate surface area is 183 Å². The highest BCUT2D eigenvalue weighted by Gasteiger charge is 2.34. The van der Waals surface area contributed by atoms with Gasteiger partial charge in [0.05, 0.1) is 5.69 Å². The molecule has 1 saturated heterocycles. The van der Waals surface area contributed by atoms with Gasteiger partial charge >= 0.3 is 0 Å². The summed E-state index contributed by atoms with van der Waals surface area (Å²) >= 11 is 1.77. The van der Waals surface area contributed by atoms with Crippen molar-refractivity contribution in [3.05, 3.63) is 57.9 Å². The third-order valence-electron chi connectivity index (χ3n) is 7.15. The monoisotopic (exact) mass is 436 g/mol. The number of rotatable bonds is 3. The van der Waals surface area contributed by atoms with Gasteiger partial charge in [0, 0.05) is 46.9 Å². The molecule has 0 bridgehead atoms. The number of fused-ring (bicyclic) bond motifs is 2. The fourth-order valence-electron chi connectivity index (χ4n) is 5.13. The second kappa shape index (κ2) is 6.92. The Morgan fingerprint density at radius 1 is 1.23 bits per heavy atom. The van der Waals surface area contributed by atoms with E-state index in [2.05, 4.69) is 21.7 Å². The summed E-state index contributed by atoms with van der Waals surface area (Å²) in [6, 6.07) is 4.61. The molecule has 0 unspecified atom stereocenters. The lowest BCUT2D eigenvalue weighted by Crippen LogP contribution is -2.29. The van der Waals surface area contributed by atoms with Crippen LogP contribution in [0.3, 0.4) is 0 Å². The summed E-state index contributed by atoms with van der Waals surface area (Å²) < 4.78 is 16.0. The average molecular weight is 437 g/mol. The summed E-state index contributed by atoms with van der Waals surface area (Å²) in [4.78, 5) is 24.8. The van der Waals surface area contributed by atoms with Crippen molar-refractivity contribution in [3.8, 4) is 0 Å². The lowest BCUT2D eigenvalue weighted by Gasteiger charge is -2.24. The van der Waals surface area contributed by atoms with Crippen LogP contribution in [-0.2, 0) is 0 Å². The number of aromatic amines is 1. The number of likely N-dealkylation sites (tertiary alicyclic amines) is 1. The van der Waals surface area contributed by atoms with E-state index < -0.39 is 0 Å². The highest BCUT2D eigenvalue weighted by atomic mass is 32.1. The highest BCUT2D eigenvalue weighted by Crippen LogP contribution is 2.41. The van der Waals surface area contributed by atoms with Crippen molar-refractivity contribution in [2.75, 3.05) is 13.1 Å². The quantitative estimate of drug-likeness (QED) is 0.459. The van der Waals surface area contributed by atoms with Gasteiger partial charge in [-0.2, -0.15) is 0 Å². The molecular weight excluding hydrogens is 411 g/mol. The molecule has 5 nitrogen and oxygen atoms in total. The van der Waals surface area contributed by atoms with Crippen LogP contribution in [0.4, 0.5) is 4.39 Å². The zero-order valence-electron chi connectivity index (χ0n) is 17.7. The smallest absolute Gasteiger partial charge is 0.270 e. The van der Waals surface area contributed by atoms with E-state index in [1.54, 1.807) is 17.4 Å². The molecule has 6 rings (SSSR count). The zero-order chi connectivity index (χ0) is 21.3. The standard InChI is InChI=1S/C24H25FN4OS/c1-13-12-31-24-21(27-22(29(13)24)15-4-3-5-15)16-8-9-28(11-16)23(30)20-14(2)18-10-17(25)6-7-19(18)26-20/h6-7,10,12,15-16,26H,3-5,8-9,11H2,1-2H3/t16-/m1/s1. The Hall–Kier alpha value is -2.67. The van der Waals surface area contributed by atoms with Gasteiger partial charge in [0.25, 0.3) is 5.91 Å². The van der Waals surface area contributed by atoms with Crippen molar-refractivity contribution in [1.82, 2.24) is 19.3 Å². The van der Waals surface area contributed by atoms with Crippen LogP contribution < -0.4 is 0 Å². The maximum absolute atomic E-state index is 13.7. The van der Waals surface area contributed by atoms with Crippen LogP contribution >= 0.6 is 11.3 Å². The van der Waals surface area contributed by atoms with Crippen LogP contribution in [0, 0.1) is 19.7 Å². The minimum atomic E-state index is -0.285. The van der Waals surface area contributed by atoms with Gasteiger partial charge in [-0.15, -0.1) is 11.3 Å².